The molecule has 0 fully saturated rings. The van der Waals surface area contributed by atoms with Gasteiger partial charge in [0.05, 0.1) is 20.4 Å². The zero-order valence-corrected chi connectivity index (χ0v) is 13.6. The van der Waals surface area contributed by atoms with Gasteiger partial charge in [-0.3, -0.25) is 4.79 Å². The van der Waals surface area contributed by atoms with E-state index in [1.54, 1.807) is 42.9 Å². The van der Waals surface area contributed by atoms with Crippen LogP contribution in [0.3, 0.4) is 0 Å². The van der Waals surface area contributed by atoms with Crippen LogP contribution in [0.1, 0.15) is 27.0 Å². The molecule has 6 heteroatoms. The fourth-order valence-electron chi connectivity index (χ4n) is 1.85. The number of nitrogens with one attached hydrogen (secondary N) is 1. The van der Waals surface area contributed by atoms with Crippen molar-refractivity contribution < 1.29 is 14.3 Å². The zero-order chi connectivity index (χ0) is 15.9. The van der Waals surface area contributed by atoms with Crippen molar-refractivity contribution in [3.63, 3.8) is 0 Å². The molecule has 0 aliphatic carbocycles. The molecule has 1 amide bonds. The van der Waals surface area contributed by atoms with Crippen LogP contribution >= 0.6 is 11.3 Å². The van der Waals surface area contributed by atoms with E-state index in [-0.39, 0.29) is 5.91 Å². The van der Waals surface area contributed by atoms with Crippen molar-refractivity contribution in [3.8, 4) is 11.5 Å². The van der Waals surface area contributed by atoms with E-state index >= 15 is 0 Å². The van der Waals surface area contributed by atoms with Crippen LogP contribution in [0.5, 0.6) is 11.5 Å². The number of hydrogen-bond donors (Lipinski definition) is 1. The highest BCUT2D eigenvalue weighted by atomic mass is 32.1. The molecule has 0 saturated heterocycles. The molecule has 0 bridgehead atoms. The standard InChI is InChI=1S/C16H18N2O3S/c1-4-12-6-7-13(22-12)10-17-18-16(19)11-5-8-14(20-2)15(9-11)21-3/h5-10H,4H2,1-3H3,(H,18,19)/b17-10+. The number of rotatable bonds is 6. The predicted octanol–water partition coefficient (Wildman–Crippen LogP) is 3.09. The highest BCUT2D eigenvalue weighted by Crippen LogP contribution is 2.27. The normalized spacial score (nSPS) is 10.7. The maximum Gasteiger partial charge on any atom is 0.271 e. The summed E-state index contributed by atoms with van der Waals surface area (Å²) in [6.07, 6.45) is 2.64. The Morgan fingerprint density at radius 1 is 1.23 bits per heavy atom. The maximum absolute atomic E-state index is 12.0. The van der Waals surface area contributed by atoms with Crippen LogP contribution in [0.2, 0.25) is 0 Å². The molecule has 1 N–H and O–H groups in total. The van der Waals surface area contributed by atoms with E-state index in [9.17, 15) is 4.79 Å². The van der Waals surface area contributed by atoms with Gasteiger partial charge in [-0.15, -0.1) is 11.3 Å². The number of ether oxygens (including phenoxy) is 2. The summed E-state index contributed by atoms with van der Waals surface area (Å²) in [7, 11) is 3.08. The molecule has 2 rings (SSSR count). The lowest BCUT2D eigenvalue weighted by atomic mass is 10.2. The highest BCUT2D eigenvalue weighted by molar-refractivity contribution is 7.13. The number of hydrazone groups is 1. The number of aryl methyl sites for hydroxylation is 1. The Balaban J connectivity index is 2.02. The lowest BCUT2D eigenvalue weighted by Crippen LogP contribution is -2.17. The second kappa shape index (κ2) is 7.61. The van der Waals surface area contributed by atoms with Gasteiger partial charge in [-0.25, -0.2) is 5.43 Å². The molecule has 0 saturated carbocycles. The topological polar surface area (TPSA) is 59.9 Å². The highest BCUT2D eigenvalue weighted by Gasteiger charge is 2.09. The van der Waals surface area contributed by atoms with Gasteiger partial charge in [-0.05, 0) is 36.8 Å². The van der Waals surface area contributed by atoms with Gasteiger partial charge < -0.3 is 9.47 Å². The Hall–Kier alpha value is -2.34. The van der Waals surface area contributed by atoms with Crippen molar-refractivity contribution in [2.24, 2.45) is 5.10 Å². The van der Waals surface area contributed by atoms with Crippen LogP contribution in [0.4, 0.5) is 0 Å². The Bertz CT molecular complexity index is 680. The summed E-state index contributed by atoms with van der Waals surface area (Å²) in [5.41, 5.74) is 2.96. The van der Waals surface area contributed by atoms with E-state index < -0.39 is 0 Å². The number of thiophene rings is 1. The van der Waals surface area contributed by atoms with E-state index in [0.29, 0.717) is 17.1 Å². The average Bonchev–Trinajstić information content (AvgIpc) is 3.02. The number of nitrogens with zero attached hydrogens (tertiary/aromatic N) is 1. The molecular formula is C16H18N2O3S. The minimum absolute atomic E-state index is 0.301. The first-order chi connectivity index (χ1) is 10.7. The van der Waals surface area contributed by atoms with Crippen LogP contribution in [0.15, 0.2) is 35.4 Å². The van der Waals surface area contributed by atoms with E-state index in [2.05, 4.69) is 23.5 Å². The molecule has 0 unspecified atom stereocenters. The third-order valence-corrected chi connectivity index (χ3v) is 4.20. The van der Waals surface area contributed by atoms with Gasteiger partial charge in [0.2, 0.25) is 0 Å². The van der Waals surface area contributed by atoms with E-state index in [1.165, 1.54) is 12.0 Å². The van der Waals surface area contributed by atoms with Crippen molar-refractivity contribution >= 4 is 23.5 Å². The molecule has 0 aliphatic heterocycles. The van der Waals surface area contributed by atoms with Crippen LogP contribution in [-0.2, 0) is 6.42 Å². The molecule has 1 heterocycles. The number of carbonyl (C=O) groups is 1. The van der Waals surface area contributed by atoms with Crippen molar-refractivity contribution in [2.75, 3.05) is 14.2 Å². The fourth-order valence-corrected chi connectivity index (χ4v) is 2.68. The predicted molar refractivity (Wildman–Crippen MR) is 88.3 cm³/mol. The number of carbonyl (C=O) groups excluding carboxylic acids is 1. The van der Waals surface area contributed by atoms with Crippen molar-refractivity contribution in [1.29, 1.82) is 0 Å². The second-order valence-corrected chi connectivity index (χ2v) is 5.63. The van der Waals surface area contributed by atoms with Gasteiger partial charge >= 0.3 is 0 Å². The molecule has 2 aromatic rings. The van der Waals surface area contributed by atoms with Gasteiger partial charge in [-0.1, -0.05) is 6.92 Å². The summed E-state index contributed by atoms with van der Waals surface area (Å²) in [6.45, 7) is 2.10. The molecular weight excluding hydrogens is 300 g/mol. The molecule has 0 spiro atoms. The van der Waals surface area contributed by atoms with E-state index in [1.807, 2.05) is 6.07 Å². The molecule has 0 radical (unpaired) electrons. The van der Waals surface area contributed by atoms with Gasteiger partial charge in [0, 0.05) is 15.3 Å². The van der Waals surface area contributed by atoms with Gasteiger partial charge in [0.1, 0.15) is 0 Å². The number of methoxy groups -OCH3 is 2. The van der Waals surface area contributed by atoms with Gasteiger partial charge in [-0.2, -0.15) is 5.10 Å². The minimum Gasteiger partial charge on any atom is -0.493 e. The smallest absolute Gasteiger partial charge is 0.271 e. The van der Waals surface area contributed by atoms with Gasteiger partial charge in [0.15, 0.2) is 11.5 Å². The monoisotopic (exact) mass is 318 g/mol. The second-order valence-electron chi connectivity index (χ2n) is 4.43. The van der Waals surface area contributed by atoms with Gasteiger partial charge in [0.25, 0.3) is 5.91 Å². The van der Waals surface area contributed by atoms with E-state index in [4.69, 9.17) is 9.47 Å². The molecule has 1 aromatic carbocycles. The molecule has 0 aliphatic rings. The Labute approximate surface area is 133 Å². The molecule has 22 heavy (non-hydrogen) atoms. The molecule has 5 nitrogen and oxygen atoms in total. The van der Waals surface area contributed by atoms with Crippen molar-refractivity contribution in [2.45, 2.75) is 13.3 Å². The average molecular weight is 318 g/mol. The first-order valence-corrected chi connectivity index (χ1v) is 7.63. The summed E-state index contributed by atoms with van der Waals surface area (Å²) < 4.78 is 10.3. The summed E-state index contributed by atoms with van der Waals surface area (Å²) in [5, 5.41) is 3.98. The lowest BCUT2D eigenvalue weighted by Gasteiger charge is -2.08. The number of benzene rings is 1. The first kappa shape index (κ1) is 16.0. The quantitative estimate of drug-likeness (QED) is 0.658. The lowest BCUT2D eigenvalue weighted by molar-refractivity contribution is 0.0954. The molecule has 1 aromatic heterocycles. The Kier molecular flexibility index (Phi) is 5.55. The third kappa shape index (κ3) is 3.85. The van der Waals surface area contributed by atoms with Crippen LogP contribution in [-0.4, -0.2) is 26.3 Å². The first-order valence-electron chi connectivity index (χ1n) is 6.82. The number of hydrogen-bond acceptors (Lipinski definition) is 5. The summed E-state index contributed by atoms with van der Waals surface area (Å²) in [4.78, 5) is 14.3. The maximum atomic E-state index is 12.0. The fraction of sp³-hybridized carbons (Fsp3) is 0.250. The SMILES string of the molecule is CCc1ccc(/C=N/NC(=O)c2ccc(OC)c(OC)c2)s1. The van der Waals surface area contributed by atoms with Crippen molar-refractivity contribution in [3.05, 3.63) is 45.6 Å². The molecule has 0 atom stereocenters. The largest absolute Gasteiger partial charge is 0.493 e. The third-order valence-electron chi connectivity index (χ3n) is 3.03. The van der Waals surface area contributed by atoms with E-state index in [0.717, 1.165) is 11.3 Å². The zero-order valence-electron chi connectivity index (χ0n) is 12.8. The van der Waals surface area contributed by atoms with Crippen LogP contribution in [0.25, 0.3) is 0 Å². The minimum atomic E-state index is -0.301. The Morgan fingerprint density at radius 2 is 2.00 bits per heavy atom. The van der Waals surface area contributed by atoms with Crippen molar-refractivity contribution in [1.82, 2.24) is 5.43 Å². The summed E-state index contributed by atoms with van der Waals surface area (Å²) in [6, 6.07) is 9.00. The molecule has 116 valence electrons. The summed E-state index contributed by atoms with van der Waals surface area (Å²) >= 11 is 1.65. The Morgan fingerprint density at radius 3 is 2.64 bits per heavy atom. The number of amides is 1. The van der Waals surface area contributed by atoms with Crippen LogP contribution < -0.4 is 14.9 Å². The summed E-state index contributed by atoms with van der Waals surface area (Å²) in [5.74, 6) is 0.780. The van der Waals surface area contributed by atoms with Crippen LogP contribution in [0, 0.1) is 0 Å².